The minimum Gasteiger partial charge on any atom is -0.492 e. The van der Waals surface area contributed by atoms with Crippen LogP contribution in [-0.4, -0.2) is 11.5 Å². The number of hydrogen-bond acceptors (Lipinski definition) is 5. The number of nitrogens with zero attached hydrogens (tertiary/aromatic N) is 1. The van der Waals surface area contributed by atoms with Gasteiger partial charge in [0, 0.05) is 23.0 Å². The molecule has 1 N–H and O–H groups in total. The van der Waals surface area contributed by atoms with Gasteiger partial charge in [0.05, 0.1) is 17.2 Å². The van der Waals surface area contributed by atoms with Gasteiger partial charge in [-0.25, -0.2) is 0 Å². The minimum atomic E-state index is -0.390. The zero-order chi connectivity index (χ0) is 14.5. The summed E-state index contributed by atoms with van der Waals surface area (Å²) in [7, 11) is 0. The number of hydrogen-bond donors (Lipinski definition) is 1. The van der Waals surface area contributed by atoms with Gasteiger partial charge < -0.3 is 10.1 Å². The van der Waals surface area contributed by atoms with E-state index < -0.39 is 0 Å². The summed E-state index contributed by atoms with van der Waals surface area (Å²) < 4.78 is 5.50. The zero-order valence-corrected chi connectivity index (χ0v) is 12.3. The van der Waals surface area contributed by atoms with E-state index >= 15 is 0 Å². The fourth-order valence-corrected chi connectivity index (χ4v) is 2.57. The average molecular weight is 313 g/mol. The van der Waals surface area contributed by atoms with Crippen LogP contribution in [0.4, 0.5) is 10.7 Å². The second-order valence-corrected chi connectivity index (χ2v) is 5.30. The van der Waals surface area contributed by atoms with Gasteiger partial charge in [0.2, 0.25) is 0 Å². The van der Waals surface area contributed by atoms with E-state index in [9.17, 15) is 10.1 Å². The van der Waals surface area contributed by atoms with Crippen LogP contribution in [0.25, 0.3) is 0 Å². The minimum absolute atomic E-state index is 0.137. The summed E-state index contributed by atoms with van der Waals surface area (Å²) in [6.45, 7) is 2.94. The van der Waals surface area contributed by atoms with Crippen LogP contribution in [0, 0.1) is 10.1 Å². The molecule has 0 bridgehead atoms. The van der Waals surface area contributed by atoms with Crippen molar-refractivity contribution in [1.82, 2.24) is 0 Å². The molecular formula is C13H13ClN2O3S. The highest BCUT2D eigenvalue weighted by molar-refractivity contribution is 7.13. The van der Waals surface area contributed by atoms with Gasteiger partial charge in [0.25, 0.3) is 0 Å². The van der Waals surface area contributed by atoms with Crippen molar-refractivity contribution < 1.29 is 9.66 Å². The lowest BCUT2D eigenvalue weighted by atomic mass is 10.2. The molecule has 0 amide bonds. The number of halogens is 1. The fraction of sp³-hybridized carbons (Fsp3) is 0.231. The summed E-state index contributed by atoms with van der Waals surface area (Å²) in [6, 6.07) is 6.88. The molecule has 0 spiro atoms. The number of benzene rings is 1. The molecule has 0 radical (unpaired) electrons. The van der Waals surface area contributed by atoms with Crippen molar-refractivity contribution >= 4 is 33.6 Å². The van der Waals surface area contributed by atoms with Crippen LogP contribution >= 0.6 is 22.9 Å². The molecule has 5 nitrogen and oxygen atoms in total. The van der Waals surface area contributed by atoms with Crippen LogP contribution in [0.2, 0.25) is 5.02 Å². The molecule has 0 saturated heterocycles. The van der Waals surface area contributed by atoms with Crippen molar-refractivity contribution in [2.24, 2.45) is 0 Å². The van der Waals surface area contributed by atoms with Gasteiger partial charge in [-0.05, 0) is 30.7 Å². The molecule has 106 valence electrons. The second kappa shape index (κ2) is 6.58. The maximum Gasteiger partial charge on any atom is 0.324 e. The molecule has 0 aliphatic carbocycles. The molecule has 1 aromatic heterocycles. The van der Waals surface area contributed by atoms with Crippen LogP contribution in [0.15, 0.2) is 29.6 Å². The normalized spacial score (nSPS) is 10.3. The summed E-state index contributed by atoms with van der Waals surface area (Å²) in [5.74, 6) is 0.710. The smallest absolute Gasteiger partial charge is 0.324 e. The van der Waals surface area contributed by atoms with E-state index in [0.29, 0.717) is 23.9 Å². The van der Waals surface area contributed by atoms with E-state index in [0.717, 1.165) is 22.6 Å². The molecule has 0 atom stereocenters. The van der Waals surface area contributed by atoms with Gasteiger partial charge in [0.15, 0.2) is 0 Å². The first-order valence-electron chi connectivity index (χ1n) is 5.98. The first-order valence-corrected chi connectivity index (χ1v) is 7.24. The lowest BCUT2D eigenvalue weighted by Crippen LogP contribution is -2.02. The number of nitro groups is 1. The maximum absolute atomic E-state index is 10.6. The molecular weight excluding hydrogens is 300 g/mol. The SMILES string of the molecule is CCOc1ccc(Cl)cc1NCc1csc([N+](=O)[O-])c1. The number of anilines is 1. The number of thiophene rings is 1. The Kier molecular flexibility index (Phi) is 4.81. The van der Waals surface area contributed by atoms with Crippen molar-refractivity contribution in [1.29, 1.82) is 0 Å². The molecule has 7 heteroatoms. The van der Waals surface area contributed by atoms with E-state index in [1.807, 2.05) is 6.92 Å². The Balaban J connectivity index is 2.09. The molecule has 0 unspecified atom stereocenters. The predicted octanol–water partition coefficient (Wildman–Crippen LogP) is 4.32. The molecule has 2 aromatic rings. The van der Waals surface area contributed by atoms with Crippen molar-refractivity contribution in [3.8, 4) is 5.75 Å². The van der Waals surface area contributed by atoms with Crippen LogP contribution in [-0.2, 0) is 6.54 Å². The molecule has 2 rings (SSSR count). The summed E-state index contributed by atoms with van der Waals surface area (Å²) in [6.07, 6.45) is 0. The molecule has 1 aromatic carbocycles. The van der Waals surface area contributed by atoms with Crippen LogP contribution < -0.4 is 10.1 Å². The topological polar surface area (TPSA) is 64.4 Å². The second-order valence-electron chi connectivity index (χ2n) is 3.98. The molecule has 20 heavy (non-hydrogen) atoms. The molecule has 1 heterocycles. The highest BCUT2D eigenvalue weighted by Gasteiger charge is 2.10. The van der Waals surface area contributed by atoms with Crippen molar-refractivity contribution in [2.75, 3.05) is 11.9 Å². The van der Waals surface area contributed by atoms with Crippen LogP contribution in [0.5, 0.6) is 5.75 Å². The van der Waals surface area contributed by atoms with Crippen molar-refractivity contribution in [3.63, 3.8) is 0 Å². The quantitative estimate of drug-likeness (QED) is 0.637. The first kappa shape index (κ1) is 14.6. The van der Waals surface area contributed by atoms with E-state index in [1.165, 1.54) is 0 Å². The third-order valence-electron chi connectivity index (χ3n) is 2.54. The van der Waals surface area contributed by atoms with Gasteiger partial charge in [-0.2, -0.15) is 0 Å². The molecule has 0 aliphatic heterocycles. The number of nitrogens with one attached hydrogen (secondary N) is 1. The Morgan fingerprint density at radius 3 is 2.90 bits per heavy atom. The summed E-state index contributed by atoms with van der Waals surface area (Å²) in [5.41, 5.74) is 1.62. The van der Waals surface area contributed by atoms with E-state index in [4.69, 9.17) is 16.3 Å². The van der Waals surface area contributed by atoms with Gasteiger partial charge in [-0.15, -0.1) is 0 Å². The third-order valence-corrected chi connectivity index (χ3v) is 3.71. The molecule has 0 saturated carbocycles. The highest BCUT2D eigenvalue weighted by atomic mass is 35.5. The molecule has 0 aliphatic rings. The summed E-state index contributed by atoms with van der Waals surface area (Å²) >= 11 is 7.08. The van der Waals surface area contributed by atoms with E-state index in [1.54, 1.807) is 29.6 Å². The average Bonchev–Trinajstić information content (AvgIpc) is 2.88. The van der Waals surface area contributed by atoms with Crippen LogP contribution in [0.1, 0.15) is 12.5 Å². The summed E-state index contributed by atoms with van der Waals surface area (Å²) in [4.78, 5) is 10.2. The van der Waals surface area contributed by atoms with E-state index in [2.05, 4.69) is 5.32 Å². The van der Waals surface area contributed by atoms with Gasteiger partial charge >= 0.3 is 5.00 Å². The highest BCUT2D eigenvalue weighted by Crippen LogP contribution is 2.29. The van der Waals surface area contributed by atoms with E-state index in [-0.39, 0.29) is 9.92 Å². The Bertz CT molecular complexity index is 615. The Morgan fingerprint density at radius 2 is 2.25 bits per heavy atom. The lowest BCUT2D eigenvalue weighted by Gasteiger charge is -2.12. The summed E-state index contributed by atoms with van der Waals surface area (Å²) in [5, 5.41) is 16.3. The Labute approximate surface area is 125 Å². The lowest BCUT2D eigenvalue weighted by molar-refractivity contribution is -0.380. The maximum atomic E-state index is 10.6. The van der Waals surface area contributed by atoms with Gasteiger partial charge in [-0.1, -0.05) is 22.9 Å². The van der Waals surface area contributed by atoms with Gasteiger partial charge in [0.1, 0.15) is 5.75 Å². The number of ether oxygens (including phenoxy) is 1. The number of rotatable bonds is 6. The molecule has 0 fully saturated rings. The van der Waals surface area contributed by atoms with Gasteiger partial charge in [-0.3, -0.25) is 10.1 Å². The zero-order valence-electron chi connectivity index (χ0n) is 10.8. The predicted molar refractivity (Wildman–Crippen MR) is 80.9 cm³/mol. The first-order chi connectivity index (χ1) is 9.60. The largest absolute Gasteiger partial charge is 0.492 e. The fourth-order valence-electron chi connectivity index (χ4n) is 1.67. The van der Waals surface area contributed by atoms with Crippen LogP contribution in [0.3, 0.4) is 0 Å². The third kappa shape index (κ3) is 3.61. The van der Waals surface area contributed by atoms with Crippen molar-refractivity contribution in [2.45, 2.75) is 13.5 Å². The van der Waals surface area contributed by atoms with Crippen molar-refractivity contribution in [3.05, 3.63) is 50.3 Å². The Morgan fingerprint density at radius 1 is 1.45 bits per heavy atom. The Hall–Kier alpha value is -1.79. The standard InChI is InChI=1S/C13H13ClN2O3S/c1-2-19-12-4-3-10(14)6-11(12)15-7-9-5-13(16(17)18)20-8-9/h3-6,8,15H,2,7H2,1H3. The monoisotopic (exact) mass is 312 g/mol.